The Labute approximate surface area is 182 Å². The maximum atomic E-state index is 12.2. The third-order valence-electron chi connectivity index (χ3n) is 4.86. The Balaban J connectivity index is 1.63. The van der Waals surface area contributed by atoms with E-state index in [0.717, 1.165) is 49.4 Å². The van der Waals surface area contributed by atoms with Gasteiger partial charge in [0.2, 0.25) is 0 Å². The van der Waals surface area contributed by atoms with Crippen LogP contribution in [0.25, 0.3) is 10.8 Å². The number of hydrogen-bond donors (Lipinski definition) is 1. The molecule has 2 aromatic rings. The summed E-state index contributed by atoms with van der Waals surface area (Å²) in [5, 5.41) is 6.40. The van der Waals surface area contributed by atoms with Crippen molar-refractivity contribution >= 4 is 54.3 Å². The Morgan fingerprint density at radius 2 is 2.11 bits per heavy atom. The highest BCUT2D eigenvalue weighted by atomic mass is 79.9. The lowest BCUT2D eigenvalue weighted by Gasteiger charge is -2.22. The predicted octanol–water partition coefficient (Wildman–Crippen LogP) is 6.15. The predicted molar refractivity (Wildman–Crippen MR) is 122 cm³/mol. The fraction of sp³-hybridized carbons (Fsp3) is 0.273. The van der Waals surface area contributed by atoms with Crippen molar-refractivity contribution in [2.75, 3.05) is 6.61 Å². The summed E-state index contributed by atoms with van der Waals surface area (Å²) < 4.78 is 7.53. The van der Waals surface area contributed by atoms with Crippen LogP contribution in [0.3, 0.4) is 0 Å². The van der Waals surface area contributed by atoms with Gasteiger partial charge in [-0.25, -0.2) is 5.43 Å². The van der Waals surface area contributed by atoms with Crippen LogP contribution in [0.1, 0.15) is 26.7 Å². The van der Waals surface area contributed by atoms with Crippen LogP contribution in [0.15, 0.2) is 68.2 Å². The highest BCUT2D eigenvalue weighted by Gasteiger charge is 2.19. The van der Waals surface area contributed by atoms with Crippen LogP contribution in [0, 0.1) is 5.92 Å². The summed E-state index contributed by atoms with van der Waals surface area (Å²) in [7, 11) is 0. The number of nitrogens with one attached hydrogen (secondary N) is 1. The summed E-state index contributed by atoms with van der Waals surface area (Å²) >= 11 is 7.04. The van der Waals surface area contributed by atoms with Crippen LogP contribution in [0.4, 0.5) is 0 Å². The maximum Gasteiger partial charge on any atom is 0.277 e. The van der Waals surface area contributed by atoms with Crippen molar-refractivity contribution in [2.24, 2.45) is 11.0 Å². The molecular weight excluding hydrogens is 484 g/mol. The van der Waals surface area contributed by atoms with E-state index in [1.54, 1.807) is 0 Å². The number of halogens is 2. The molecule has 1 N–H and O–H groups in total. The van der Waals surface area contributed by atoms with Crippen LogP contribution >= 0.6 is 31.9 Å². The van der Waals surface area contributed by atoms with E-state index in [0.29, 0.717) is 11.7 Å². The monoisotopic (exact) mass is 504 g/mol. The number of ether oxygens (including phenoxy) is 1. The molecule has 1 atom stereocenters. The largest absolute Gasteiger partial charge is 0.483 e. The molecule has 0 saturated heterocycles. The molecular formula is C22H22Br2N2O2. The molecule has 4 nitrogen and oxygen atoms in total. The molecule has 1 unspecified atom stereocenters. The van der Waals surface area contributed by atoms with Gasteiger partial charge in [-0.2, -0.15) is 5.10 Å². The zero-order valence-electron chi connectivity index (χ0n) is 15.9. The lowest BCUT2D eigenvalue weighted by atomic mass is 9.85. The minimum Gasteiger partial charge on any atom is -0.483 e. The number of rotatable bonds is 5. The van der Waals surface area contributed by atoms with Crippen molar-refractivity contribution in [1.82, 2.24) is 5.43 Å². The zero-order chi connectivity index (χ0) is 20.3. The number of allylic oxidation sites excluding steroid dienone is 3. The standard InChI is InChI=1S/C22H22Br2N2O2/c1-13(2)15-5-4-14(3)19(11-15)25-26-21(27)12-28-20-9-6-16-10-17(23)7-8-18(16)22(20)24/h4,6-10,15H,1,5,11-12H2,2-3H3,(H,26,27). The molecule has 0 aromatic heterocycles. The SMILES string of the molecule is C=C(C)C1CC=C(C)C(=NNC(=O)COc2ccc3cc(Br)ccc3c2Br)C1. The van der Waals surface area contributed by atoms with E-state index in [4.69, 9.17) is 4.74 Å². The van der Waals surface area contributed by atoms with Crippen molar-refractivity contribution in [1.29, 1.82) is 0 Å². The van der Waals surface area contributed by atoms with Crippen molar-refractivity contribution in [2.45, 2.75) is 26.7 Å². The fourth-order valence-electron chi connectivity index (χ4n) is 3.08. The topological polar surface area (TPSA) is 50.7 Å². The number of hydrazone groups is 1. The van der Waals surface area contributed by atoms with Gasteiger partial charge < -0.3 is 4.74 Å². The third kappa shape index (κ3) is 4.92. The Bertz CT molecular complexity index is 995. The number of carbonyl (C=O) groups is 1. The van der Waals surface area contributed by atoms with Crippen LogP contribution < -0.4 is 10.2 Å². The Morgan fingerprint density at radius 1 is 1.32 bits per heavy atom. The van der Waals surface area contributed by atoms with Gasteiger partial charge in [-0.05, 0) is 83.1 Å². The lowest BCUT2D eigenvalue weighted by Crippen LogP contribution is -2.27. The van der Waals surface area contributed by atoms with E-state index >= 15 is 0 Å². The second kappa shape index (κ2) is 9.05. The maximum absolute atomic E-state index is 12.2. The minimum atomic E-state index is -0.291. The third-order valence-corrected chi connectivity index (χ3v) is 6.17. The quantitative estimate of drug-likeness (QED) is 0.391. The smallest absolute Gasteiger partial charge is 0.277 e. The molecule has 1 amide bonds. The number of nitrogens with zero attached hydrogens (tertiary/aromatic N) is 1. The van der Waals surface area contributed by atoms with Crippen molar-refractivity contribution in [3.8, 4) is 5.75 Å². The van der Waals surface area contributed by atoms with Crippen LogP contribution in [0.2, 0.25) is 0 Å². The average molecular weight is 506 g/mol. The number of benzene rings is 2. The molecule has 0 aliphatic heterocycles. The van der Waals surface area contributed by atoms with Crippen LogP contribution in [-0.4, -0.2) is 18.2 Å². The highest BCUT2D eigenvalue weighted by Crippen LogP contribution is 2.34. The summed E-state index contributed by atoms with van der Waals surface area (Å²) in [6.07, 6.45) is 3.92. The molecule has 0 heterocycles. The Kier molecular flexibility index (Phi) is 6.73. The fourth-order valence-corrected chi connectivity index (χ4v) is 4.07. The molecule has 2 aromatic carbocycles. The first-order valence-electron chi connectivity index (χ1n) is 9.03. The van der Waals surface area contributed by atoms with Gasteiger partial charge in [0.1, 0.15) is 5.75 Å². The first-order valence-corrected chi connectivity index (χ1v) is 10.6. The van der Waals surface area contributed by atoms with Gasteiger partial charge in [0.15, 0.2) is 6.61 Å². The molecule has 6 heteroatoms. The molecule has 0 saturated carbocycles. The van der Waals surface area contributed by atoms with Gasteiger partial charge in [0.05, 0.1) is 10.2 Å². The molecule has 1 aliphatic rings. The van der Waals surface area contributed by atoms with E-state index in [1.807, 2.05) is 44.2 Å². The van der Waals surface area contributed by atoms with Crippen LogP contribution in [0.5, 0.6) is 5.75 Å². The molecule has 0 radical (unpaired) electrons. The molecule has 0 bridgehead atoms. The molecule has 0 spiro atoms. The summed E-state index contributed by atoms with van der Waals surface area (Å²) in [6, 6.07) is 9.82. The Morgan fingerprint density at radius 3 is 2.86 bits per heavy atom. The Hall–Kier alpha value is -1.92. The van der Waals surface area contributed by atoms with Crippen molar-refractivity contribution in [3.63, 3.8) is 0 Å². The molecule has 146 valence electrons. The summed E-state index contributed by atoms with van der Waals surface area (Å²) in [4.78, 5) is 12.2. The molecule has 3 rings (SSSR count). The second-order valence-electron chi connectivity index (χ2n) is 7.00. The van der Waals surface area contributed by atoms with E-state index in [9.17, 15) is 4.79 Å². The van der Waals surface area contributed by atoms with Crippen LogP contribution in [-0.2, 0) is 4.79 Å². The molecule has 28 heavy (non-hydrogen) atoms. The minimum absolute atomic E-state index is 0.107. The van der Waals surface area contributed by atoms with E-state index in [1.165, 1.54) is 0 Å². The first kappa shape index (κ1) is 20.8. The zero-order valence-corrected chi connectivity index (χ0v) is 19.1. The molecule has 1 aliphatic carbocycles. The van der Waals surface area contributed by atoms with Gasteiger partial charge in [-0.1, -0.05) is 46.3 Å². The second-order valence-corrected chi connectivity index (χ2v) is 8.70. The lowest BCUT2D eigenvalue weighted by molar-refractivity contribution is -0.123. The number of hydrogen-bond acceptors (Lipinski definition) is 3. The first-order chi connectivity index (χ1) is 13.3. The van der Waals surface area contributed by atoms with Gasteiger partial charge in [0.25, 0.3) is 5.91 Å². The average Bonchev–Trinajstić information content (AvgIpc) is 2.66. The number of carbonyl (C=O) groups excluding carboxylic acids is 1. The van der Waals surface area contributed by atoms with Gasteiger partial charge in [-0.3, -0.25) is 4.79 Å². The van der Waals surface area contributed by atoms with Gasteiger partial charge in [-0.15, -0.1) is 0 Å². The normalized spacial score (nSPS) is 18.1. The van der Waals surface area contributed by atoms with Gasteiger partial charge in [0, 0.05) is 4.47 Å². The number of fused-ring (bicyclic) bond motifs is 1. The van der Waals surface area contributed by atoms with E-state index in [-0.39, 0.29) is 12.5 Å². The highest BCUT2D eigenvalue weighted by molar-refractivity contribution is 9.11. The van der Waals surface area contributed by atoms with Crippen molar-refractivity contribution < 1.29 is 9.53 Å². The number of amides is 1. The summed E-state index contributed by atoms with van der Waals surface area (Å²) in [6.45, 7) is 7.97. The summed E-state index contributed by atoms with van der Waals surface area (Å²) in [5.41, 5.74) is 5.74. The van der Waals surface area contributed by atoms with Gasteiger partial charge >= 0.3 is 0 Å². The van der Waals surface area contributed by atoms with E-state index in [2.05, 4.69) is 55.0 Å². The molecule has 0 fully saturated rings. The van der Waals surface area contributed by atoms with Crippen molar-refractivity contribution in [3.05, 3.63) is 63.1 Å². The summed E-state index contributed by atoms with van der Waals surface area (Å²) in [5.74, 6) is 0.707. The van der Waals surface area contributed by atoms with E-state index < -0.39 is 0 Å².